The number of aryl methyl sites for hydroxylation is 2. The SMILES string of the molecule is Cc1cc(N)nc(C)c1CNC(=O)c1cn(Cc2cccc3ccccc23)nn1. The average molecular weight is 386 g/mol. The maximum atomic E-state index is 12.5. The van der Waals surface area contributed by atoms with Gasteiger partial charge in [-0.3, -0.25) is 4.79 Å². The molecule has 29 heavy (non-hydrogen) atoms. The van der Waals surface area contributed by atoms with Gasteiger partial charge in [0.1, 0.15) is 5.82 Å². The average Bonchev–Trinajstić information content (AvgIpc) is 3.16. The van der Waals surface area contributed by atoms with Crippen molar-refractivity contribution in [3.63, 3.8) is 0 Å². The fourth-order valence-electron chi connectivity index (χ4n) is 3.50. The van der Waals surface area contributed by atoms with Gasteiger partial charge in [0.05, 0.1) is 12.7 Å². The number of hydrogen-bond donors (Lipinski definition) is 2. The Balaban J connectivity index is 1.47. The zero-order valence-corrected chi connectivity index (χ0v) is 16.4. The first-order valence-corrected chi connectivity index (χ1v) is 9.39. The van der Waals surface area contributed by atoms with Crippen molar-refractivity contribution in [1.29, 1.82) is 0 Å². The molecule has 146 valence electrons. The van der Waals surface area contributed by atoms with Gasteiger partial charge in [-0.1, -0.05) is 47.7 Å². The predicted octanol–water partition coefficient (Wildman–Crippen LogP) is 3.00. The largest absolute Gasteiger partial charge is 0.384 e. The molecule has 0 saturated carbocycles. The number of rotatable bonds is 5. The number of aromatic nitrogens is 4. The zero-order valence-electron chi connectivity index (χ0n) is 16.4. The van der Waals surface area contributed by atoms with E-state index in [4.69, 9.17) is 5.73 Å². The molecule has 2 aromatic carbocycles. The number of amides is 1. The summed E-state index contributed by atoms with van der Waals surface area (Å²) in [5.41, 5.74) is 9.92. The van der Waals surface area contributed by atoms with Crippen LogP contribution in [0.15, 0.2) is 54.7 Å². The van der Waals surface area contributed by atoms with E-state index in [0.717, 1.165) is 22.4 Å². The zero-order chi connectivity index (χ0) is 20.4. The number of nitrogens with two attached hydrogens (primary N) is 1. The highest BCUT2D eigenvalue weighted by molar-refractivity contribution is 5.91. The highest BCUT2D eigenvalue weighted by atomic mass is 16.2. The number of nitrogens with one attached hydrogen (secondary N) is 1. The lowest BCUT2D eigenvalue weighted by molar-refractivity contribution is 0.0945. The fourth-order valence-corrected chi connectivity index (χ4v) is 3.50. The third-order valence-electron chi connectivity index (χ3n) is 4.98. The third-order valence-corrected chi connectivity index (χ3v) is 4.98. The summed E-state index contributed by atoms with van der Waals surface area (Å²) in [4.78, 5) is 16.8. The van der Waals surface area contributed by atoms with Crippen molar-refractivity contribution in [1.82, 2.24) is 25.3 Å². The monoisotopic (exact) mass is 386 g/mol. The molecule has 4 rings (SSSR count). The van der Waals surface area contributed by atoms with Crippen molar-refractivity contribution in [2.45, 2.75) is 26.9 Å². The van der Waals surface area contributed by atoms with E-state index in [0.29, 0.717) is 18.9 Å². The molecular weight excluding hydrogens is 364 g/mol. The number of anilines is 1. The van der Waals surface area contributed by atoms with Gasteiger partial charge in [0.15, 0.2) is 5.69 Å². The highest BCUT2D eigenvalue weighted by Crippen LogP contribution is 2.19. The Labute approximate surface area is 168 Å². The lowest BCUT2D eigenvalue weighted by Crippen LogP contribution is -2.24. The van der Waals surface area contributed by atoms with E-state index < -0.39 is 0 Å². The van der Waals surface area contributed by atoms with E-state index in [-0.39, 0.29) is 11.6 Å². The van der Waals surface area contributed by atoms with E-state index in [1.807, 2.05) is 32.0 Å². The Morgan fingerprint density at radius 1 is 1.14 bits per heavy atom. The van der Waals surface area contributed by atoms with E-state index in [9.17, 15) is 4.79 Å². The number of nitrogen functional groups attached to an aromatic ring is 1. The van der Waals surface area contributed by atoms with Crippen molar-refractivity contribution >= 4 is 22.5 Å². The van der Waals surface area contributed by atoms with Gasteiger partial charge >= 0.3 is 0 Å². The van der Waals surface area contributed by atoms with Crippen LogP contribution < -0.4 is 11.1 Å². The number of pyridine rings is 1. The van der Waals surface area contributed by atoms with Crippen molar-refractivity contribution in [3.8, 4) is 0 Å². The molecule has 0 fully saturated rings. The van der Waals surface area contributed by atoms with Gasteiger partial charge < -0.3 is 11.1 Å². The van der Waals surface area contributed by atoms with Crippen molar-refractivity contribution in [2.75, 3.05) is 5.73 Å². The molecule has 0 aliphatic carbocycles. The molecule has 1 amide bonds. The van der Waals surface area contributed by atoms with Crippen LogP contribution in [-0.2, 0) is 13.1 Å². The smallest absolute Gasteiger partial charge is 0.273 e. The molecule has 4 aromatic rings. The van der Waals surface area contributed by atoms with Crippen molar-refractivity contribution in [3.05, 3.63) is 82.8 Å². The molecule has 2 aromatic heterocycles. The summed E-state index contributed by atoms with van der Waals surface area (Å²) in [7, 11) is 0. The summed E-state index contributed by atoms with van der Waals surface area (Å²) < 4.78 is 1.68. The van der Waals surface area contributed by atoms with Crippen LogP contribution in [-0.4, -0.2) is 25.9 Å². The van der Waals surface area contributed by atoms with Gasteiger partial charge in [-0.05, 0) is 47.4 Å². The Hall–Kier alpha value is -3.74. The molecule has 0 saturated heterocycles. The number of nitrogens with zero attached hydrogens (tertiary/aromatic N) is 4. The molecule has 0 unspecified atom stereocenters. The van der Waals surface area contributed by atoms with Crippen LogP contribution in [0.3, 0.4) is 0 Å². The standard InChI is InChI=1S/C22H22N6O/c1-14-10-21(23)25-15(2)19(14)11-24-22(29)20-13-28(27-26-20)12-17-8-5-7-16-6-3-4-9-18(16)17/h3-10,13H,11-12H2,1-2H3,(H2,23,25)(H,24,29). The molecule has 0 bridgehead atoms. The van der Waals surface area contributed by atoms with Crippen LogP contribution in [0.25, 0.3) is 10.8 Å². The number of benzene rings is 2. The summed E-state index contributed by atoms with van der Waals surface area (Å²) in [6.07, 6.45) is 1.66. The molecule has 0 radical (unpaired) electrons. The summed E-state index contributed by atoms with van der Waals surface area (Å²) in [6.45, 7) is 4.74. The summed E-state index contributed by atoms with van der Waals surface area (Å²) in [5.74, 6) is 0.205. The van der Waals surface area contributed by atoms with E-state index in [1.165, 1.54) is 10.8 Å². The topological polar surface area (TPSA) is 98.7 Å². The van der Waals surface area contributed by atoms with Gasteiger partial charge in [-0.2, -0.15) is 0 Å². The van der Waals surface area contributed by atoms with Gasteiger partial charge in [0, 0.05) is 12.2 Å². The van der Waals surface area contributed by atoms with Crippen molar-refractivity contribution in [2.24, 2.45) is 0 Å². The Kier molecular flexibility index (Phi) is 4.95. The number of fused-ring (bicyclic) bond motifs is 1. The number of carbonyl (C=O) groups is 1. The minimum absolute atomic E-state index is 0.273. The maximum absolute atomic E-state index is 12.5. The Morgan fingerprint density at radius 2 is 1.93 bits per heavy atom. The molecule has 7 nitrogen and oxygen atoms in total. The predicted molar refractivity (Wildman–Crippen MR) is 112 cm³/mol. The lowest BCUT2D eigenvalue weighted by Gasteiger charge is -2.10. The van der Waals surface area contributed by atoms with Crippen LogP contribution >= 0.6 is 0 Å². The van der Waals surface area contributed by atoms with Crippen LogP contribution in [0.1, 0.15) is 32.9 Å². The highest BCUT2D eigenvalue weighted by Gasteiger charge is 2.13. The van der Waals surface area contributed by atoms with Crippen LogP contribution in [0.5, 0.6) is 0 Å². The van der Waals surface area contributed by atoms with Crippen LogP contribution in [0, 0.1) is 13.8 Å². The summed E-state index contributed by atoms with van der Waals surface area (Å²) in [5, 5.41) is 13.4. The first-order valence-electron chi connectivity index (χ1n) is 9.39. The molecule has 2 heterocycles. The van der Waals surface area contributed by atoms with E-state index >= 15 is 0 Å². The normalized spacial score (nSPS) is 11.0. The second-order valence-electron chi connectivity index (χ2n) is 7.05. The summed E-state index contributed by atoms with van der Waals surface area (Å²) in [6, 6.07) is 16.2. The number of carbonyl (C=O) groups excluding carboxylic acids is 1. The second kappa shape index (κ2) is 7.71. The molecule has 7 heteroatoms. The van der Waals surface area contributed by atoms with Crippen LogP contribution in [0.2, 0.25) is 0 Å². The van der Waals surface area contributed by atoms with Crippen molar-refractivity contribution < 1.29 is 4.79 Å². The van der Waals surface area contributed by atoms with E-state index in [1.54, 1.807) is 16.9 Å². The second-order valence-corrected chi connectivity index (χ2v) is 7.05. The van der Waals surface area contributed by atoms with Gasteiger partial charge in [0.2, 0.25) is 0 Å². The Bertz CT molecular complexity index is 1170. The molecule has 0 spiro atoms. The molecule has 0 aliphatic rings. The van der Waals surface area contributed by atoms with Gasteiger partial charge in [-0.15, -0.1) is 5.10 Å². The lowest BCUT2D eigenvalue weighted by atomic mass is 10.0. The quantitative estimate of drug-likeness (QED) is 0.549. The molecule has 0 aliphatic heterocycles. The summed E-state index contributed by atoms with van der Waals surface area (Å²) >= 11 is 0. The van der Waals surface area contributed by atoms with Crippen LogP contribution in [0.4, 0.5) is 5.82 Å². The molecular formula is C22H22N6O. The van der Waals surface area contributed by atoms with E-state index in [2.05, 4.69) is 44.9 Å². The fraction of sp³-hybridized carbons (Fsp3) is 0.182. The maximum Gasteiger partial charge on any atom is 0.273 e. The van der Waals surface area contributed by atoms with Gasteiger partial charge in [-0.25, -0.2) is 9.67 Å². The first-order chi connectivity index (χ1) is 14.0. The number of hydrogen-bond acceptors (Lipinski definition) is 5. The third kappa shape index (κ3) is 3.94. The minimum atomic E-state index is -0.273. The molecule has 0 atom stereocenters. The first kappa shape index (κ1) is 18.6. The molecule has 3 N–H and O–H groups in total. The Morgan fingerprint density at radius 3 is 2.76 bits per heavy atom. The minimum Gasteiger partial charge on any atom is -0.384 e. The van der Waals surface area contributed by atoms with Gasteiger partial charge in [0.25, 0.3) is 5.91 Å².